The highest BCUT2D eigenvalue weighted by Gasteiger charge is 2.15. The molecule has 1 atom stereocenters. The first-order valence-electron chi connectivity index (χ1n) is 7.69. The Hall–Kier alpha value is -2.93. The van der Waals surface area contributed by atoms with Gasteiger partial charge in [-0.2, -0.15) is 5.10 Å². The zero-order chi connectivity index (χ0) is 17.3. The fourth-order valence-electron chi connectivity index (χ4n) is 2.55. The monoisotopic (exact) mass is 324 g/mol. The average molecular weight is 324 g/mol. The van der Waals surface area contributed by atoms with Gasteiger partial charge in [0.15, 0.2) is 12.4 Å². The van der Waals surface area contributed by atoms with Crippen LogP contribution in [-0.4, -0.2) is 21.5 Å². The van der Waals surface area contributed by atoms with Crippen LogP contribution in [0.1, 0.15) is 12.5 Å². The molecule has 0 saturated carbocycles. The molecule has 7 heteroatoms. The maximum absolute atomic E-state index is 6.19. The van der Waals surface area contributed by atoms with Gasteiger partial charge in [-0.1, -0.05) is 5.57 Å². The van der Waals surface area contributed by atoms with Crippen molar-refractivity contribution in [2.24, 2.45) is 23.5 Å². The fourth-order valence-corrected chi connectivity index (χ4v) is 2.55. The summed E-state index contributed by atoms with van der Waals surface area (Å²) in [6.07, 6.45) is 9.33. The number of anilines is 1. The Kier molecular flexibility index (Phi) is 4.18. The van der Waals surface area contributed by atoms with Gasteiger partial charge < -0.3 is 17.2 Å². The second-order valence-electron chi connectivity index (χ2n) is 5.98. The molecule has 0 saturated heterocycles. The molecule has 124 valence electrons. The summed E-state index contributed by atoms with van der Waals surface area (Å²) in [5.41, 5.74) is 22.1. The fraction of sp³-hybridized carbons (Fsp3) is 0.235. The number of aryl methyl sites for hydroxylation is 1. The summed E-state index contributed by atoms with van der Waals surface area (Å²) < 4.78 is 3.71. The molecular formula is C17H22N7+. The first kappa shape index (κ1) is 15.9. The van der Waals surface area contributed by atoms with Crippen molar-refractivity contribution >= 4 is 17.2 Å². The number of nitrogen functional groups attached to an aromatic ring is 1. The molecule has 0 aromatic carbocycles. The highest BCUT2D eigenvalue weighted by atomic mass is 15.3. The molecule has 0 radical (unpaired) electrons. The number of pyridine rings is 1. The lowest BCUT2D eigenvalue weighted by atomic mass is 9.99. The van der Waals surface area contributed by atoms with Crippen molar-refractivity contribution in [3.63, 3.8) is 0 Å². The van der Waals surface area contributed by atoms with Crippen LogP contribution in [0.25, 0.3) is 0 Å². The van der Waals surface area contributed by atoms with Crippen LogP contribution in [0.3, 0.4) is 0 Å². The van der Waals surface area contributed by atoms with Gasteiger partial charge in [-0.15, -0.1) is 0 Å². The number of aliphatic imine (C=N–C) groups is 1. The highest BCUT2D eigenvalue weighted by molar-refractivity contribution is 6.10. The van der Waals surface area contributed by atoms with Crippen molar-refractivity contribution in [3.8, 4) is 0 Å². The molecule has 1 unspecified atom stereocenters. The summed E-state index contributed by atoms with van der Waals surface area (Å²) in [7, 11) is 1.98. The lowest BCUT2D eigenvalue weighted by Gasteiger charge is -2.16. The zero-order valence-corrected chi connectivity index (χ0v) is 13.8. The topological polar surface area (TPSA) is 112 Å². The zero-order valence-electron chi connectivity index (χ0n) is 13.8. The molecule has 0 spiro atoms. The van der Waals surface area contributed by atoms with Gasteiger partial charge in [-0.05, 0) is 25.1 Å². The predicted molar refractivity (Wildman–Crippen MR) is 94.5 cm³/mol. The number of nitrogens with zero attached hydrogens (tertiary/aromatic N) is 4. The van der Waals surface area contributed by atoms with E-state index in [1.165, 1.54) is 0 Å². The van der Waals surface area contributed by atoms with Gasteiger partial charge in [0.1, 0.15) is 18.6 Å². The van der Waals surface area contributed by atoms with Crippen LogP contribution in [0.4, 0.5) is 11.5 Å². The third-order valence-electron chi connectivity index (χ3n) is 3.98. The van der Waals surface area contributed by atoms with Crippen molar-refractivity contribution < 1.29 is 4.57 Å². The first-order valence-corrected chi connectivity index (χ1v) is 7.69. The van der Waals surface area contributed by atoms with E-state index in [-0.39, 0.29) is 6.04 Å². The van der Waals surface area contributed by atoms with Crippen molar-refractivity contribution in [2.75, 3.05) is 5.73 Å². The molecule has 0 aliphatic heterocycles. The van der Waals surface area contributed by atoms with Crippen molar-refractivity contribution in [3.05, 3.63) is 59.7 Å². The second-order valence-corrected chi connectivity index (χ2v) is 5.98. The number of hydrogen-bond donors (Lipinski definition) is 3. The van der Waals surface area contributed by atoms with Crippen LogP contribution in [0.2, 0.25) is 0 Å². The molecule has 24 heavy (non-hydrogen) atoms. The number of aromatic nitrogens is 3. The number of allylic oxidation sites excluding steroid dienone is 1. The maximum atomic E-state index is 6.19. The molecule has 0 fully saturated rings. The lowest BCUT2D eigenvalue weighted by molar-refractivity contribution is -0.671. The minimum Gasteiger partial charge on any atom is -0.397 e. The molecule has 1 aliphatic carbocycles. The highest BCUT2D eigenvalue weighted by Crippen LogP contribution is 2.24. The number of rotatable bonds is 3. The molecule has 6 N–H and O–H groups in total. The van der Waals surface area contributed by atoms with E-state index >= 15 is 0 Å². The second kappa shape index (κ2) is 6.29. The molecular weight excluding hydrogens is 302 g/mol. The van der Waals surface area contributed by atoms with Crippen LogP contribution < -0.4 is 21.8 Å². The van der Waals surface area contributed by atoms with E-state index in [4.69, 9.17) is 17.2 Å². The molecule has 2 aromatic rings. The normalized spacial score (nSPS) is 19.3. The Morgan fingerprint density at radius 3 is 2.92 bits per heavy atom. The van der Waals surface area contributed by atoms with E-state index in [9.17, 15) is 0 Å². The average Bonchev–Trinajstić information content (AvgIpc) is 2.86. The molecule has 0 bridgehead atoms. The lowest BCUT2D eigenvalue weighted by Crippen LogP contribution is -2.27. The molecule has 3 rings (SSSR count). The number of hydrogen-bond acceptors (Lipinski definition) is 5. The Bertz CT molecular complexity index is 858. The van der Waals surface area contributed by atoms with Crippen molar-refractivity contribution in [1.29, 1.82) is 0 Å². The minimum atomic E-state index is -0.164. The third kappa shape index (κ3) is 3.21. The SMILES string of the molecule is CC1=CC(=Nc2cnn(Cc3ccc[n+](C)c3)c2N)C(N)=CC1N. The van der Waals surface area contributed by atoms with E-state index in [2.05, 4.69) is 10.1 Å². The molecule has 7 nitrogen and oxygen atoms in total. The molecule has 2 heterocycles. The summed E-state index contributed by atoms with van der Waals surface area (Å²) in [5.74, 6) is 0.503. The summed E-state index contributed by atoms with van der Waals surface area (Å²) in [6.45, 7) is 2.53. The van der Waals surface area contributed by atoms with Crippen LogP contribution in [0.15, 0.2) is 59.1 Å². The van der Waals surface area contributed by atoms with Crippen LogP contribution in [0.5, 0.6) is 0 Å². The van der Waals surface area contributed by atoms with Gasteiger partial charge >= 0.3 is 0 Å². The van der Waals surface area contributed by atoms with Crippen LogP contribution >= 0.6 is 0 Å². The van der Waals surface area contributed by atoms with E-state index < -0.39 is 0 Å². The molecule has 1 aliphatic rings. The van der Waals surface area contributed by atoms with Gasteiger partial charge in [-0.25, -0.2) is 14.2 Å². The van der Waals surface area contributed by atoms with E-state index in [0.717, 1.165) is 11.1 Å². The van der Waals surface area contributed by atoms with E-state index in [0.29, 0.717) is 29.5 Å². The minimum absolute atomic E-state index is 0.164. The summed E-state index contributed by atoms with van der Waals surface area (Å²) >= 11 is 0. The Morgan fingerprint density at radius 2 is 2.17 bits per heavy atom. The Labute approximate surface area is 140 Å². The summed E-state index contributed by atoms with van der Waals surface area (Å²) in [4.78, 5) is 4.54. The van der Waals surface area contributed by atoms with Crippen LogP contribution in [-0.2, 0) is 13.6 Å². The predicted octanol–water partition coefficient (Wildman–Crippen LogP) is 0.540. The molecule has 0 amide bonds. The number of nitrogens with two attached hydrogens (primary N) is 3. The third-order valence-corrected chi connectivity index (χ3v) is 3.98. The summed E-state index contributed by atoms with van der Waals surface area (Å²) in [5, 5.41) is 4.33. The quantitative estimate of drug-likeness (QED) is 0.715. The molecule has 2 aromatic heterocycles. The van der Waals surface area contributed by atoms with Gasteiger partial charge in [0.2, 0.25) is 0 Å². The van der Waals surface area contributed by atoms with Crippen molar-refractivity contribution in [2.45, 2.75) is 19.5 Å². The summed E-state index contributed by atoms with van der Waals surface area (Å²) in [6, 6.07) is 3.85. The standard InChI is InChI=1S/C17H22N7/c1-11-6-15(14(19)7-13(11)18)22-16-8-21-24(17(16)20)10-12-4-3-5-23(2)9-12/h3-9,13H,10,18-20H2,1-2H3/q+1. The Balaban J connectivity index is 1.88. The van der Waals surface area contributed by atoms with Gasteiger partial charge in [-0.3, -0.25) is 0 Å². The largest absolute Gasteiger partial charge is 0.397 e. The van der Waals surface area contributed by atoms with Gasteiger partial charge in [0, 0.05) is 17.7 Å². The Morgan fingerprint density at radius 1 is 1.38 bits per heavy atom. The van der Waals surface area contributed by atoms with Gasteiger partial charge in [0.25, 0.3) is 0 Å². The van der Waals surface area contributed by atoms with Gasteiger partial charge in [0.05, 0.1) is 24.2 Å². The van der Waals surface area contributed by atoms with E-state index in [1.807, 2.05) is 49.1 Å². The maximum Gasteiger partial charge on any atom is 0.173 e. The van der Waals surface area contributed by atoms with E-state index in [1.54, 1.807) is 17.0 Å². The van der Waals surface area contributed by atoms with Crippen molar-refractivity contribution in [1.82, 2.24) is 9.78 Å². The van der Waals surface area contributed by atoms with Crippen LogP contribution in [0, 0.1) is 0 Å². The smallest absolute Gasteiger partial charge is 0.173 e. The first-order chi connectivity index (χ1) is 11.4.